The molecule has 0 unspecified atom stereocenters. The molecule has 2 heterocycles. The van der Waals surface area contributed by atoms with Crippen LogP contribution in [0.3, 0.4) is 0 Å². The predicted octanol–water partition coefficient (Wildman–Crippen LogP) is 6.61. The van der Waals surface area contributed by atoms with E-state index in [-0.39, 0.29) is 0 Å². The minimum absolute atomic E-state index is 0.752. The van der Waals surface area contributed by atoms with Crippen LogP contribution in [0, 0.1) is 0 Å². The summed E-state index contributed by atoms with van der Waals surface area (Å²) in [6.45, 7) is 8.37. The Morgan fingerprint density at radius 2 is 1.74 bits per heavy atom. The Labute approximate surface area is 184 Å². The molecule has 3 aromatic carbocycles. The van der Waals surface area contributed by atoms with E-state index in [0.717, 1.165) is 56.0 Å². The van der Waals surface area contributed by atoms with Crippen molar-refractivity contribution in [3.05, 3.63) is 71.8 Å². The zero-order valence-corrected chi connectivity index (χ0v) is 18.5. The number of nitrogens with zero attached hydrogens (tertiary/aromatic N) is 2. The summed E-state index contributed by atoms with van der Waals surface area (Å²) in [4.78, 5) is 7.80. The van der Waals surface area contributed by atoms with Crippen molar-refractivity contribution in [2.45, 2.75) is 39.7 Å². The first-order valence-corrected chi connectivity index (χ1v) is 11.6. The lowest BCUT2D eigenvalue weighted by Crippen LogP contribution is -2.32. The summed E-state index contributed by atoms with van der Waals surface area (Å²) >= 11 is 0. The topological polar surface area (TPSA) is 25.4 Å². The highest BCUT2D eigenvalue weighted by Crippen LogP contribution is 2.37. The second-order valence-corrected chi connectivity index (χ2v) is 8.50. The molecule has 4 aromatic rings. The van der Waals surface area contributed by atoms with Crippen LogP contribution in [-0.4, -0.2) is 29.6 Å². The molecule has 0 bridgehead atoms. The average Bonchev–Trinajstić information content (AvgIpc) is 2.82. The van der Waals surface area contributed by atoms with E-state index in [1.807, 2.05) is 0 Å². The van der Waals surface area contributed by atoms with Crippen molar-refractivity contribution in [3.63, 3.8) is 0 Å². The second kappa shape index (κ2) is 8.68. The molecule has 0 spiro atoms. The first kappa shape index (κ1) is 20.0. The molecule has 0 radical (unpaired) electrons. The van der Waals surface area contributed by atoms with Crippen LogP contribution < -0.4 is 4.74 Å². The Morgan fingerprint density at radius 1 is 0.903 bits per heavy atom. The van der Waals surface area contributed by atoms with Crippen molar-refractivity contribution in [1.29, 1.82) is 0 Å². The summed E-state index contributed by atoms with van der Waals surface area (Å²) in [7, 11) is 0. The number of pyridine rings is 1. The number of hydrogen-bond donors (Lipinski definition) is 0. The van der Waals surface area contributed by atoms with E-state index in [2.05, 4.69) is 79.4 Å². The molecule has 158 valence electrons. The van der Waals surface area contributed by atoms with E-state index in [1.54, 1.807) is 0 Å². The van der Waals surface area contributed by atoms with E-state index in [0.29, 0.717) is 0 Å². The van der Waals surface area contributed by atoms with Gasteiger partial charge < -0.3 is 4.74 Å². The van der Waals surface area contributed by atoms with Crippen LogP contribution in [0.4, 0.5) is 0 Å². The van der Waals surface area contributed by atoms with Gasteiger partial charge in [0.25, 0.3) is 0 Å². The maximum atomic E-state index is 5.80. The Morgan fingerprint density at radius 3 is 2.55 bits per heavy atom. The molecule has 1 aliphatic rings. The van der Waals surface area contributed by atoms with Crippen LogP contribution >= 0.6 is 0 Å². The molecule has 0 saturated carbocycles. The van der Waals surface area contributed by atoms with Crippen molar-refractivity contribution in [1.82, 2.24) is 9.88 Å². The largest absolute Gasteiger partial charge is 0.494 e. The summed E-state index contributed by atoms with van der Waals surface area (Å²) < 4.78 is 5.80. The van der Waals surface area contributed by atoms with Gasteiger partial charge in [-0.15, -0.1) is 0 Å². The van der Waals surface area contributed by atoms with Crippen molar-refractivity contribution >= 4 is 21.7 Å². The molecule has 0 fully saturated rings. The molecule has 0 saturated heterocycles. The molecular weight excluding hydrogens is 380 g/mol. The van der Waals surface area contributed by atoms with Gasteiger partial charge in [0.2, 0.25) is 0 Å². The van der Waals surface area contributed by atoms with Crippen LogP contribution in [-0.2, 0) is 13.0 Å². The van der Waals surface area contributed by atoms with Gasteiger partial charge in [-0.1, -0.05) is 44.2 Å². The summed E-state index contributed by atoms with van der Waals surface area (Å²) in [6, 6.07) is 21.6. The highest BCUT2D eigenvalue weighted by atomic mass is 16.5. The Balaban J connectivity index is 1.69. The summed E-state index contributed by atoms with van der Waals surface area (Å²) in [5.74, 6) is 0.930. The van der Waals surface area contributed by atoms with Crippen molar-refractivity contribution in [2.75, 3.05) is 19.7 Å². The number of fused-ring (bicyclic) bond motifs is 5. The van der Waals surface area contributed by atoms with Crippen LogP contribution in [0.15, 0.2) is 60.7 Å². The molecule has 3 nitrogen and oxygen atoms in total. The fourth-order valence-electron chi connectivity index (χ4n) is 4.85. The lowest BCUT2D eigenvalue weighted by Gasteiger charge is -2.31. The van der Waals surface area contributed by atoms with E-state index in [9.17, 15) is 0 Å². The lowest BCUT2D eigenvalue weighted by molar-refractivity contribution is 0.255. The average molecular weight is 411 g/mol. The maximum Gasteiger partial charge on any atom is 0.119 e. The SMILES string of the molecule is CCCOc1ccc(-c2nc3ccc4ccccc4c3c3c2CN(CCC)CC3)cc1. The maximum absolute atomic E-state index is 5.80. The van der Waals surface area contributed by atoms with Crippen LogP contribution in [0.5, 0.6) is 5.75 Å². The third kappa shape index (κ3) is 3.79. The zero-order chi connectivity index (χ0) is 21.2. The number of ether oxygens (including phenoxy) is 1. The zero-order valence-electron chi connectivity index (χ0n) is 18.5. The quantitative estimate of drug-likeness (QED) is 0.334. The standard InChI is InChI=1S/C28H30N2O/c1-3-16-30-17-15-24-25(19-30)28(21-9-12-22(13-10-21)31-18-4-2)29-26-14-11-20-7-5-6-8-23(20)27(24)26/h5-14H,3-4,15-19H2,1-2H3. The number of rotatable bonds is 6. The number of aromatic nitrogens is 1. The summed E-state index contributed by atoms with van der Waals surface area (Å²) in [6.07, 6.45) is 3.27. The van der Waals surface area contributed by atoms with Crippen molar-refractivity contribution in [3.8, 4) is 17.0 Å². The lowest BCUT2D eigenvalue weighted by atomic mass is 9.89. The van der Waals surface area contributed by atoms with Gasteiger partial charge in [-0.05, 0) is 78.0 Å². The monoisotopic (exact) mass is 410 g/mol. The van der Waals surface area contributed by atoms with Crippen molar-refractivity contribution < 1.29 is 4.74 Å². The van der Waals surface area contributed by atoms with E-state index >= 15 is 0 Å². The minimum atomic E-state index is 0.752. The molecule has 5 rings (SSSR count). The molecule has 3 heteroatoms. The third-order valence-electron chi connectivity index (χ3n) is 6.29. The first-order valence-electron chi connectivity index (χ1n) is 11.6. The normalized spacial score (nSPS) is 14.1. The Bertz CT molecular complexity index is 1210. The smallest absolute Gasteiger partial charge is 0.119 e. The van der Waals surface area contributed by atoms with Gasteiger partial charge >= 0.3 is 0 Å². The van der Waals surface area contributed by atoms with Crippen molar-refractivity contribution in [2.24, 2.45) is 0 Å². The number of benzene rings is 3. The van der Waals surface area contributed by atoms with Crippen LogP contribution in [0.2, 0.25) is 0 Å². The fourth-order valence-corrected chi connectivity index (χ4v) is 4.85. The molecular formula is C28H30N2O. The van der Waals surface area contributed by atoms with E-state index < -0.39 is 0 Å². The molecule has 0 N–H and O–H groups in total. The fraction of sp³-hybridized carbons (Fsp3) is 0.321. The van der Waals surface area contributed by atoms with Gasteiger partial charge in [0.1, 0.15) is 5.75 Å². The molecule has 1 aromatic heterocycles. The molecule has 0 atom stereocenters. The minimum Gasteiger partial charge on any atom is -0.494 e. The highest BCUT2D eigenvalue weighted by Gasteiger charge is 2.24. The van der Waals surface area contributed by atoms with E-state index in [4.69, 9.17) is 9.72 Å². The van der Waals surface area contributed by atoms with Crippen LogP contribution in [0.1, 0.15) is 37.8 Å². The van der Waals surface area contributed by atoms with Gasteiger partial charge in [-0.2, -0.15) is 0 Å². The van der Waals surface area contributed by atoms with Crippen LogP contribution in [0.25, 0.3) is 32.9 Å². The molecule has 1 aliphatic heterocycles. The summed E-state index contributed by atoms with van der Waals surface area (Å²) in [5, 5.41) is 3.96. The number of hydrogen-bond acceptors (Lipinski definition) is 3. The second-order valence-electron chi connectivity index (χ2n) is 8.50. The van der Waals surface area contributed by atoms with Gasteiger partial charge in [0.15, 0.2) is 0 Å². The van der Waals surface area contributed by atoms with Gasteiger partial charge in [0, 0.05) is 24.0 Å². The summed E-state index contributed by atoms with van der Waals surface area (Å²) in [5.41, 5.74) is 6.28. The predicted molar refractivity (Wildman–Crippen MR) is 130 cm³/mol. The van der Waals surface area contributed by atoms with Gasteiger partial charge in [-0.3, -0.25) is 4.90 Å². The molecule has 0 amide bonds. The first-order chi connectivity index (χ1) is 15.3. The van der Waals surface area contributed by atoms with Gasteiger partial charge in [0.05, 0.1) is 17.8 Å². The Kier molecular flexibility index (Phi) is 5.61. The van der Waals surface area contributed by atoms with Gasteiger partial charge in [-0.25, -0.2) is 4.98 Å². The highest BCUT2D eigenvalue weighted by molar-refractivity contribution is 6.09. The molecule has 31 heavy (non-hydrogen) atoms. The third-order valence-corrected chi connectivity index (χ3v) is 6.29. The Hall–Kier alpha value is -2.91. The molecule has 0 aliphatic carbocycles. The van der Waals surface area contributed by atoms with E-state index in [1.165, 1.54) is 39.3 Å².